The summed E-state index contributed by atoms with van der Waals surface area (Å²) in [6.07, 6.45) is 5.57. The van der Waals surface area contributed by atoms with E-state index in [1.165, 1.54) is 12.8 Å². The standard InChI is InChI=1S/C16H29NO3/c1-4-20-15(18)14-7-9-16(19,10-8-14)11-17(3)12(2)13-5-6-13/h12-14,19H,4-11H2,1-3H3. The highest BCUT2D eigenvalue weighted by atomic mass is 16.5. The van der Waals surface area contributed by atoms with Crippen LogP contribution in [-0.2, 0) is 9.53 Å². The molecule has 0 aromatic rings. The fourth-order valence-electron chi connectivity index (χ4n) is 3.36. The predicted molar refractivity (Wildman–Crippen MR) is 78.4 cm³/mol. The molecule has 1 N–H and O–H groups in total. The minimum atomic E-state index is -0.624. The van der Waals surface area contributed by atoms with Gasteiger partial charge in [0.1, 0.15) is 0 Å². The maximum Gasteiger partial charge on any atom is 0.308 e. The van der Waals surface area contributed by atoms with Crippen LogP contribution in [0.3, 0.4) is 0 Å². The summed E-state index contributed by atoms with van der Waals surface area (Å²) in [6, 6.07) is 0.557. The van der Waals surface area contributed by atoms with Gasteiger partial charge in [-0.15, -0.1) is 0 Å². The highest BCUT2D eigenvalue weighted by molar-refractivity contribution is 5.72. The number of esters is 1. The summed E-state index contributed by atoms with van der Waals surface area (Å²) in [5.74, 6) is 0.718. The van der Waals surface area contributed by atoms with Crippen LogP contribution in [0.1, 0.15) is 52.4 Å². The van der Waals surface area contributed by atoms with Crippen LogP contribution in [0.2, 0.25) is 0 Å². The molecule has 0 aliphatic heterocycles. The Morgan fingerprint density at radius 3 is 2.45 bits per heavy atom. The highest BCUT2D eigenvalue weighted by Gasteiger charge is 2.39. The minimum Gasteiger partial charge on any atom is -0.466 e. The van der Waals surface area contributed by atoms with Crippen molar-refractivity contribution in [2.24, 2.45) is 11.8 Å². The molecule has 0 aromatic heterocycles. The van der Waals surface area contributed by atoms with Gasteiger partial charge >= 0.3 is 5.97 Å². The molecule has 0 radical (unpaired) electrons. The van der Waals surface area contributed by atoms with Gasteiger partial charge in [-0.2, -0.15) is 0 Å². The molecule has 4 nitrogen and oxygen atoms in total. The second-order valence-corrected chi connectivity index (χ2v) is 6.74. The first-order chi connectivity index (χ1) is 9.45. The molecule has 0 bridgehead atoms. The van der Waals surface area contributed by atoms with Crippen LogP contribution in [0.5, 0.6) is 0 Å². The van der Waals surface area contributed by atoms with Gasteiger partial charge in [0.25, 0.3) is 0 Å². The molecule has 116 valence electrons. The Morgan fingerprint density at radius 1 is 1.35 bits per heavy atom. The Bertz CT molecular complexity index is 333. The summed E-state index contributed by atoms with van der Waals surface area (Å²) in [4.78, 5) is 14.0. The van der Waals surface area contributed by atoms with E-state index < -0.39 is 5.60 Å². The van der Waals surface area contributed by atoms with Crippen molar-refractivity contribution in [1.82, 2.24) is 4.90 Å². The first-order valence-corrected chi connectivity index (χ1v) is 8.04. The Morgan fingerprint density at radius 2 is 1.95 bits per heavy atom. The molecular formula is C16H29NO3. The minimum absolute atomic E-state index is 0.0126. The third-order valence-electron chi connectivity index (χ3n) is 5.08. The van der Waals surface area contributed by atoms with Gasteiger partial charge < -0.3 is 14.7 Å². The smallest absolute Gasteiger partial charge is 0.308 e. The maximum atomic E-state index is 11.7. The lowest BCUT2D eigenvalue weighted by Crippen LogP contribution is -2.48. The normalized spacial score (nSPS) is 32.1. The van der Waals surface area contributed by atoms with Gasteiger partial charge in [-0.1, -0.05) is 0 Å². The number of ether oxygens (including phenoxy) is 1. The largest absolute Gasteiger partial charge is 0.466 e. The monoisotopic (exact) mass is 283 g/mol. The highest BCUT2D eigenvalue weighted by Crippen LogP contribution is 2.37. The average Bonchev–Trinajstić information content (AvgIpc) is 3.22. The van der Waals surface area contributed by atoms with Gasteiger partial charge in [0.2, 0.25) is 0 Å². The molecule has 2 saturated carbocycles. The zero-order chi connectivity index (χ0) is 14.8. The Kier molecular flexibility index (Phi) is 5.08. The van der Waals surface area contributed by atoms with E-state index in [2.05, 4.69) is 18.9 Å². The van der Waals surface area contributed by atoms with Gasteiger partial charge in [-0.05, 0) is 65.3 Å². The number of rotatable bonds is 6. The van der Waals surface area contributed by atoms with Gasteiger partial charge in [0.15, 0.2) is 0 Å². The molecule has 2 fully saturated rings. The number of carbonyl (C=O) groups is 1. The summed E-state index contributed by atoms with van der Waals surface area (Å²) in [6.45, 7) is 5.26. The third-order valence-corrected chi connectivity index (χ3v) is 5.08. The zero-order valence-corrected chi connectivity index (χ0v) is 13.1. The van der Waals surface area contributed by atoms with Crippen LogP contribution in [0, 0.1) is 11.8 Å². The predicted octanol–water partition coefficient (Wildman–Crippen LogP) is 2.20. The van der Waals surface area contributed by atoms with E-state index in [1.54, 1.807) is 0 Å². The molecule has 0 heterocycles. The van der Waals surface area contributed by atoms with Gasteiger partial charge in [0.05, 0.1) is 18.1 Å². The summed E-state index contributed by atoms with van der Waals surface area (Å²) >= 11 is 0. The first kappa shape index (κ1) is 15.8. The van der Waals surface area contributed by atoms with Gasteiger partial charge in [0, 0.05) is 12.6 Å². The summed E-state index contributed by atoms with van der Waals surface area (Å²) in [5.41, 5.74) is -0.624. The van der Waals surface area contributed by atoms with Crippen molar-refractivity contribution in [3.8, 4) is 0 Å². The average molecular weight is 283 g/mol. The topological polar surface area (TPSA) is 49.8 Å². The molecule has 2 rings (SSSR count). The van der Waals surface area contributed by atoms with Crippen molar-refractivity contribution in [1.29, 1.82) is 0 Å². The first-order valence-electron chi connectivity index (χ1n) is 8.04. The van der Waals surface area contributed by atoms with E-state index in [4.69, 9.17) is 4.74 Å². The summed E-state index contributed by atoms with van der Waals surface area (Å²) in [7, 11) is 2.11. The molecular weight excluding hydrogens is 254 g/mol. The molecule has 20 heavy (non-hydrogen) atoms. The number of aliphatic hydroxyl groups is 1. The number of hydrogen-bond donors (Lipinski definition) is 1. The number of hydrogen-bond acceptors (Lipinski definition) is 4. The van der Waals surface area contributed by atoms with E-state index in [0.717, 1.165) is 25.3 Å². The lowest BCUT2D eigenvalue weighted by atomic mass is 9.78. The van der Waals surface area contributed by atoms with Crippen molar-refractivity contribution in [2.75, 3.05) is 20.2 Å². The molecule has 2 aliphatic carbocycles. The van der Waals surface area contributed by atoms with E-state index >= 15 is 0 Å². The third kappa shape index (κ3) is 3.95. The van der Waals surface area contributed by atoms with Crippen LogP contribution in [0.4, 0.5) is 0 Å². The van der Waals surface area contributed by atoms with Crippen LogP contribution in [0.25, 0.3) is 0 Å². The van der Waals surface area contributed by atoms with E-state index in [9.17, 15) is 9.90 Å². The SMILES string of the molecule is CCOC(=O)C1CCC(O)(CN(C)C(C)C2CC2)CC1. The van der Waals surface area contributed by atoms with Crippen LogP contribution in [-0.4, -0.2) is 47.8 Å². The van der Waals surface area contributed by atoms with Crippen LogP contribution < -0.4 is 0 Å². The zero-order valence-electron chi connectivity index (χ0n) is 13.1. The number of carbonyl (C=O) groups excluding carboxylic acids is 1. The molecule has 4 heteroatoms. The molecule has 1 atom stereocenters. The molecule has 1 unspecified atom stereocenters. The van der Waals surface area contributed by atoms with Gasteiger partial charge in [-0.3, -0.25) is 4.79 Å². The van der Waals surface area contributed by atoms with E-state index in [0.29, 0.717) is 25.5 Å². The molecule has 0 aromatic carbocycles. The Balaban J connectivity index is 1.79. The van der Waals surface area contributed by atoms with Crippen molar-refractivity contribution < 1.29 is 14.6 Å². The Hall–Kier alpha value is -0.610. The summed E-state index contributed by atoms with van der Waals surface area (Å²) < 4.78 is 5.08. The van der Waals surface area contributed by atoms with E-state index in [1.807, 2.05) is 6.92 Å². The lowest BCUT2D eigenvalue weighted by molar-refractivity contribution is -0.151. The fraction of sp³-hybridized carbons (Fsp3) is 0.938. The van der Waals surface area contributed by atoms with Crippen LogP contribution >= 0.6 is 0 Å². The van der Waals surface area contributed by atoms with E-state index in [-0.39, 0.29) is 11.9 Å². The van der Waals surface area contributed by atoms with Crippen LogP contribution in [0.15, 0.2) is 0 Å². The van der Waals surface area contributed by atoms with Gasteiger partial charge in [-0.25, -0.2) is 0 Å². The second-order valence-electron chi connectivity index (χ2n) is 6.74. The molecule has 0 saturated heterocycles. The number of nitrogens with zero attached hydrogens (tertiary/aromatic N) is 1. The lowest BCUT2D eigenvalue weighted by Gasteiger charge is -2.39. The fourth-order valence-corrected chi connectivity index (χ4v) is 3.36. The quantitative estimate of drug-likeness (QED) is 0.759. The maximum absolute atomic E-state index is 11.7. The molecule has 0 amide bonds. The molecule has 0 spiro atoms. The van der Waals surface area contributed by atoms with Crippen molar-refractivity contribution in [3.05, 3.63) is 0 Å². The number of likely N-dealkylation sites (N-methyl/N-ethyl adjacent to an activating group) is 1. The van der Waals surface area contributed by atoms with Crippen molar-refractivity contribution >= 4 is 5.97 Å². The molecule has 2 aliphatic rings. The summed E-state index contributed by atoms with van der Waals surface area (Å²) in [5, 5.41) is 10.7. The Labute approximate surface area is 122 Å². The van der Waals surface area contributed by atoms with Crippen molar-refractivity contribution in [2.45, 2.75) is 64.0 Å². The van der Waals surface area contributed by atoms with Crippen molar-refractivity contribution in [3.63, 3.8) is 0 Å². The second kappa shape index (κ2) is 6.44.